The molecule has 8 heteroatoms. The number of nitrogens with zero attached hydrogens (tertiary/aromatic N) is 4. The Labute approximate surface area is 117 Å². The summed E-state index contributed by atoms with van der Waals surface area (Å²) in [5.74, 6) is 0.307. The molecule has 0 bridgehead atoms. The van der Waals surface area contributed by atoms with E-state index < -0.39 is 11.1 Å². The van der Waals surface area contributed by atoms with Crippen LogP contribution < -0.4 is 4.90 Å². The van der Waals surface area contributed by atoms with Crippen LogP contribution in [0.1, 0.15) is 22.8 Å². The molecule has 0 aliphatic carbocycles. The van der Waals surface area contributed by atoms with Crippen LogP contribution in [0.4, 0.5) is 18.3 Å². The lowest BCUT2D eigenvalue weighted by molar-refractivity contribution is -0.134. The second-order valence-electron chi connectivity index (χ2n) is 4.88. The summed E-state index contributed by atoms with van der Waals surface area (Å²) in [7, 11) is 1.85. The zero-order valence-corrected chi connectivity index (χ0v) is 11.6. The number of rotatable bonds is 2. The minimum atomic E-state index is -4.31. The predicted octanol–water partition coefficient (Wildman–Crippen LogP) is 2.89. The molecule has 3 heterocycles. The summed E-state index contributed by atoms with van der Waals surface area (Å²) >= 11 is 0.709. The molecule has 0 spiro atoms. The molecule has 0 N–H and O–H groups in total. The molecule has 1 aliphatic heterocycles. The van der Waals surface area contributed by atoms with Gasteiger partial charge >= 0.3 is 6.18 Å². The lowest BCUT2D eigenvalue weighted by atomic mass is 10.0. The largest absolute Gasteiger partial charge is 0.427 e. The molecule has 1 atom stereocenters. The maximum Gasteiger partial charge on any atom is 0.427 e. The first-order valence-corrected chi connectivity index (χ1v) is 7.01. The number of halogens is 3. The van der Waals surface area contributed by atoms with Crippen LogP contribution in [0, 0.1) is 0 Å². The molecule has 108 valence electrons. The van der Waals surface area contributed by atoms with E-state index >= 15 is 0 Å². The van der Waals surface area contributed by atoms with Crippen molar-refractivity contribution in [1.82, 2.24) is 14.8 Å². The molecule has 1 saturated heterocycles. The van der Waals surface area contributed by atoms with Gasteiger partial charge in [-0.05, 0) is 12.0 Å². The molecule has 0 saturated carbocycles. The number of anilines is 1. The molecule has 0 aromatic carbocycles. The van der Waals surface area contributed by atoms with Crippen LogP contribution in [0.2, 0.25) is 0 Å². The average Bonchev–Trinajstić information content (AvgIpc) is 3.06. The van der Waals surface area contributed by atoms with Crippen molar-refractivity contribution >= 4 is 16.5 Å². The third-order valence-corrected chi connectivity index (χ3v) is 4.53. The minimum Gasteiger partial charge on any atom is -0.347 e. The van der Waals surface area contributed by atoms with Gasteiger partial charge in [-0.3, -0.25) is 4.68 Å². The lowest BCUT2D eigenvalue weighted by Crippen LogP contribution is -2.18. The third-order valence-electron chi connectivity index (χ3n) is 3.43. The molecular weight excluding hydrogens is 289 g/mol. The molecule has 20 heavy (non-hydrogen) atoms. The number of hydrogen-bond acceptors (Lipinski definition) is 4. The number of thiazole rings is 1. The minimum absolute atomic E-state index is 0.307. The summed E-state index contributed by atoms with van der Waals surface area (Å²) in [6, 6.07) is 0. The van der Waals surface area contributed by atoms with Crippen molar-refractivity contribution in [2.24, 2.45) is 7.05 Å². The maximum atomic E-state index is 12.6. The van der Waals surface area contributed by atoms with Gasteiger partial charge in [0.15, 0.2) is 5.13 Å². The van der Waals surface area contributed by atoms with Crippen LogP contribution in [-0.4, -0.2) is 27.9 Å². The molecule has 3 rings (SSSR count). The van der Waals surface area contributed by atoms with E-state index in [-0.39, 0.29) is 0 Å². The number of aromatic nitrogens is 3. The summed E-state index contributed by atoms with van der Waals surface area (Å²) < 4.78 is 39.5. The highest BCUT2D eigenvalue weighted by atomic mass is 32.1. The van der Waals surface area contributed by atoms with Crippen molar-refractivity contribution < 1.29 is 13.2 Å². The SMILES string of the molecule is Cn1cc(C2CCN(c3ncc(C(F)(F)F)s3)C2)cn1. The van der Waals surface area contributed by atoms with Crippen molar-refractivity contribution in [3.05, 3.63) is 29.0 Å². The average molecular weight is 302 g/mol. The highest BCUT2D eigenvalue weighted by molar-refractivity contribution is 7.15. The fourth-order valence-electron chi connectivity index (χ4n) is 2.40. The molecule has 2 aromatic heterocycles. The smallest absolute Gasteiger partial charge is 0.347 e. The van der Waals surface area contributed by atoms with Gasteiger partial charge in [0.1, 0.15) is 4.88 Å². The van der Waals surface area contributed by atoms with Crippen molar-refractivity contribution in [2.45, 2.75) is 18.5 Å². The molecule has 0 radical (unpaired) electrons. The summed E-state index contributed by atoms with van der Waals surface area (Å²) in [4.78, 5) is 5.17. The lowest BCUT2D eigenvalue weighted by Gasteiger charge is -2.14. The Morgan fingerprint density at radius 2 is 2.15 bits per heavy atom. The zero-order chi connectivity index (χ0) is 14.3. The highest BCUT2D eigenvalue weighted by Crippen LogP contribution is 2.38. The number of alkyl halides is 3. The molecular formula is C12H13F3N4S. The molecule has 0 amide bonds. The van der Waals surface area contributed by atoms with Crippen molar-refractivity contribution in [1.29, 1.82) is 0 Å². The van der Waals surface area contributed by atoms with Gasteiger partial charge < -0.3 is 4.90 Å². The Balaban J connectivity index is 1.72. The second kappa shape index (κ2) is 4.76. The quantitative estimate of drug-likeness (QED) is 0.855. The van der Waals surface area contributed by atoms with E-state index in [9.17, 15) is 13.2 Å². The summed E-state index contributed by atoms with van der Waals surface area (Å²) in [6.45, 7) is 1.42. The zero-order valence-electron chi connectivity index (χ0n) is 10.8. The summed E-state index contributed by atoms with van der Waals surface area (Å²) in [5, 5.41) is 4.58. The van der Waals surface area contributed by atoms with Gasteiger partial charge in [-0.1, -0.05) is 11.3 Å². The van der Waals surface area contributed by atoms with Gasteiger partial charge in [-0.2, -0.15) is 18.3 Å². The first-order chi connectivity index (χ1) is 9.43. The monoisotopic (exact) mass is 302 g/mol. The molecule has 1 aliphatic rings. The van der Waals surface area contributed by atoms with Gasteiger partial charge in [0, 0.05) is 32.3 Å². The van der Waals surface area contributed by atoms with Crippen molar-refractivity contribution in [3.63, 3.8) is 0 Å². The Bertz CT molecular complexity index is 604. The molecule has 4 nitrogen and oxygen atoms in total. The van der Waals surface area contributed by atoms with Crippen LogP contribution in [0.3, 0.4) is 0 Å². The molecule has 1 unspecified atom stereocenters. The van der Waals surface area contributed by atoms with Crippen LogP contribution in [0.5, 0.6) is 0 Å². The Hall–Kier alpha value is -1.57. The van der Waals surface area contributed by atoms with E-state index in [0.717, 1.165) is 24.7 Å². The van der Waals surface area contributed by atoms with Crippen molar-refractivity contribution in [2.75, 3.05) is 18.0 Å². The van der Waals surface area contributed by atoms with Gasteiger partial charge in [-0.25, -0.2) is 4.98 Å². The van der Waals surface area contributed by atoms with Crippen LogP contribution in [0.15, 0.2) is 18.6 Å². The normalized spacial score (nSPS) is 19.8. The van der Waals surface area contributed by atoms with Gasteiger partial charge in [0.25, 0.3) is 0 Å². The first-order valence-electron chi connectivity index (χ1n) is 6.20. The van der Waals surface area contributed by atoms with Gasteiger partial charge in [-0.15, -0.1) is 0 Å². The van der Waals surface area contributed by atoms with E-state index in [0.29, 0.717) is 28.9 Å². The number of hydrogen-bond donors (Lipinski definition) is 0. The van der Waals surface area contributed by atoms with Crippen molar-refractivity contribution in [3.8, 4) is 0 Å². The Morgan fingerprint density at radius 1 is 1.35 bits per heavy atom. The topological polar surface area (TPSA) is 34.0 Å². The Morgan fingerprint density at radius 3 is 2.75 bits per heavy atom. The maximum absolute atomic E-state index is 12.6. The Kier molecular flexibility index (Phi) is 3.19. The fourth-order valence-corrected chi connectivity index (χ4v) is 3.22. The first kappa shape index (κ1) is 13.4. The van der Waals surface area contributed by atoms with E-state index in [4.69, 9.17) is 0 Å². The predicted molar refractivity (Wildman–Crippen MR) is 69.9 cm³/mol. The molecule has 1 fully saturated rings. The molecule has 2 aromatic rings. The van der Waals surface area contributed by atoms with Gasteiger partial charge in [0.05, 0.1) is 12.4 Å². The summed E-state index contributed by atoms with van der Waals surface area (Å²) in [5.41, 5.74) is 1.13. The van der Waals surface area contributed by atoms with E-state index in [1.165, 1.54) is 0 Å². The standard InChI is InChI=1S/C12H13F3N4S/c1-18-6-9(4-17-18)8-2-3-19(7-8)11-16-5-10(20-11)12(13,14)15/h4-6,8H,2-3,7H2,1H3. The van der Waals surface area contributed by atoms with E-state index in [1.54, 1.807) is 4.68 Å². The van der Waals surface area contributed by atoms with Gasteiger partial charge in [0.2, 0.25) is 0 Å². The van der Waals surface area contributed by atoms with E-state index in [1.807, 2.05) is 24.3 Å². The summed E-state index contributed by atoms with van der Waals surface area (Å²) in [6.07, 6.45) is 1.29. The van der Waals surface area contributed by atoms with E-state index in [2.05, 4.69) is 10.1 Å². The number of aryl methyl sites for hydroxylation is 1. The van der Waals surface area contributed by atoms with Crippen LogP contribution >= 0.6 is 11.3 Å². The third kappa shape index (κ3) is 2.52. The second-order valence-corrected chi connectivity index (χ2v) is 5.89. The highest BCUT2D eigenvalue weighted by Gasteiger charge is 2.35. The van der Waals surface area contributed by atoms with Crippen LogP contribution in [0.25, 0.3) is 0 Å². The fraction of sp³-hybridized carbons (Fsp3) is 0.500. The van der Waals surface area contributed by atoms with Crippen LogP contribution in [-0.2, 0) is 13.2 Å².